The van der Waals surface area contributed by atoms with E-state index in [0.29, 0.717) is 0 Å². The van der Waals surface area contributed by atoms with Gasteiger partial charge in [-0.25, -0.2) is 0 Å². The number of pyridine rings is 2. The molecule has 0 saturated heterocycles. The molecule has 2 aromatic rings. The molecule has 0 amide bonds. The second kappa shape index (κ2) is 6.51. The smallest absolute Gasteiger partial charge is 0.0887 e. The molecular formula is C17H21N3. The van der Waals surface area contributed by atoms with Crippen molar-refractivity contribution in [1.29, 1.82) is 0 Å². The van der Waals surface area contributed by atoms with Gasteiger partial charge < -0.3 is 5.32 Å². The van der Waals surface area contributed by atoms with Crippen molar-refractivity contribution < 1.29 is 0 Å². The monoisotopic (exact) mass is 267 g/mol. The van der Waals surface area contributed by atoms with Crippen LogP contribution in [0.15, 0.2) is 42.7 Å². The van der Waals surface area contributed by atoms with Gasteiger partial charge in [-0.05, 0) is 43.0 Å². The van der Waals surface area contributed by atoms with Crippen LogP contribution in [0, 0.1) is 5.92 Å². The minimum absolute atomic E-state index is 0.833. The van der Waals surface area contributed by atoms with Gasteiger partial charge in [0.1, 0.15) is 0 Å². The lowest BCUT2D eigenvalue weighted by molar-refractivity contribution is 0.373. The fourth-order valence-electron chi connectivity index (χ4n) is 2.82. The molecule has 1 aliphatic rings. The number of rotatable bonds is 4. The fourth-order valence-corrected chi connectivity index (χ4v) is 2.82. The van der Waals surface area contributed by atoms with Crippen molar-refractivity contribution in [1.82, 2.24) is 9.97 Å². The highest BCUT2D eigenvalue weighted by atomic mass is 14.9. The van der Waals surface area contributed by atoms with Crippen LogP contribution in [0.5, 0.6) is 0 Å². The van der Waals surface area contributed by atoms with Crippen LogP contribution in [0.25, 0.3) is 11.4 Å². The Bertz CT molecular complexity index is 516. The first-order valence-electron chi connectivity index (χ1n) is 7.53. The van der Waals surface area contributed by atoms with E-state index in [9.17, 15) is 0 Å². The minimum atomic E-state index is 0.833. The Kier molecular flexibility index (Phi) is 4.26. The molecule has 2 heterocycles. The van der Waals surface area contributed by atoms with Gasteiger partial charge in [-0.1, -0.05) is 25.3 Å². The molecule has 0 bridgehead atoms. The molecule has 104 valence electrons. The molecule has 1 N–H and O–H groups in total. The maximum Gasteiger partial charge on any atom is 0.0887 e. The molecule has 0 atom stereocenters. The van der Waals surface area contributed by atoms with Crippen LogP contribution in [0.2, 0.25) is 0 Å². The topological polar surface area (TPSA) is 37.8 Å². The molecule has 3 rings (SSSR count). The molecule has 0 unspecified atom stereocenters. The van der Waals surface area contributed by atoms with Gasteiger partial charge in [0.05, 0.1) is 23.3 Å². The van der Waals surface area contributed by atoms with Gasteiger partial charge >= 0.3 is 0 Å². The molecule has 3 nitrogen and oxygen atoms in total. The van der Waals surface area contributed by atoms with Gasteiger partial charge in [0.2, 0.25) is 0 Å². The number of hydrogen-bond donors (Lipinski definition) is 1. The first kappa shape index (κ1) is 13.1. The first-order valence-corrected chi connectivity index (χ1v) is 7.53. The van der Waals surface area contributed by atoms with Crippen molar-refractivity contribution in [2.45, 2.75) is 32.1 Å². The molecule has 0 aliphatic heterocycles. The number of aromatic nitrogens is 2. The van der Waals surface area contributed by atoms with E-state index in [2.05, 4.69) is 21.4 Å². The predicted octanol–water partition coefficient (Wildman–Crippen LogP) is 4.14. The van der Waals surface area contributed by atoms with Crippen LogP contribution in [0.1, 0.15) is 32.1 Å². The highest BCUT2D eigenvalue weighted by Gasteiger charge is 2.12. The van der Waals surface area contributed by atoms with Crippen LogP contribution in [-0.4, -0.2) is 16.5 Å². The average molecular weight is 267 g/mol. The molecule has 20 heavy (non-hydrogen) atoms. The highest BCUT2D eigenvalue weighted by molar-refractivity contribution is 5.56. The van der Waals surface area contributed by atoms with Crippen LogP contribution < -0.4 is 5.32 Å². The molecule has 0 radical (unpaired) electrons. The summed E-state index contributed by atoms with van der Waals surface area (Å²) in [5.74, 6) is 0.833. The van der Waals surface area contributed by atoms with Gasteiger partial charge in [-0.15, -0.1) is 0 Å². The molecule has 0 spiro atoms. The van der Waals surface area contributed by atoms with Crippen molar-refractivity contribution in [2.24, 2.45) is 5.92 Å². The maximum absolute atomic E-state index is 4.49. The third-order valence-electron chi connectivity index (χ3n) is 4.01. The first-order chi connectivity index (χ1) is 9.92. The summed E-state index contributed by atoms with van der Waals surface area (Å²) >= 11 is 0. The van der Waals surface area contributed by atoms with Crippen LogP contribution in [0.3, 0.4) is 0 Å². The van der Waals surface area contributed by atoms with Gasteiger partial charge in [0.25, 0.3) is 0 Å². The van der Waals surface area contributed by atoms with Crippen molar-refractivity contribution in [3.05, 3.63) is 42.7 Å². The van der Waals surface area contributed by atoms with E-state index in [4.69, 9.17) is 0 Å². The number of nitrogens with zero attached hydrogens (tertiary/aromatic N) is 2. The van der Waals surface area contributed by atoms with E-state index in [0.717, 1.165) is 29.5 Å². The Labute approximate surface area is 120 Å². The molecule has 2 aromatic heterocycles. The van der Waals surface area contributed by atoms with E-state index in [1.165, 1.54) is 32.1 Å². The quantitative estimate of drug-likeness (QED) is 0.904. The van der Waals surface area contributed by atoms with E-state index in [1.54, 1.807) is 6.20 Å². The standard InChI is InChI=1S/C17H21N3/c1-2-6-14(7-3-1)12-19-15-9-10-17(20-13-15)16-8-4-5-11-18-16/h4-5,8-11,13-14,19H,1-3,6-7,12H2. The SMILES string of the molecule is c1ccc(-c2ccc(NCC3CCCCC3)cn2)nc1. The summed E-state index contributed by atoms with van der Waals surface area (Å²) in [5, 5.41) is 3.51. The number of nitrogens with one attached hydrogen (secondary N) is 1. The lowest BCUT2D eigenvalue weighted by Gasteiger charge is -2.22. The molecule has 1 aliphatic carbocycles. The third kappa shape index (κ3) is 3.35. The van der Waals surface area contributed by atoms with Gasteiger partial charge in [-0.2, -0.15) is 0 Å². The van der Waals surface area contributed by atoms with E-state index in [-0.39, 0.29) is 0 Å². The highest BCUT2D eigenvalue weighted by Crippen LogP contribution is 2.24. The normalized spacial score (nSPS) is 16.0. The second-order valence-electron chi connectivity index (χ2n) is 5.53. The lowest BCUT2D eigenvalue weighted by Crippen LogP contribution is -2.17. The van der Waals surface area contributed by atoms with Crippen molar-refractivity contribution >= 4 is 5.69 Å². The molecule has 1 saturated carbocycles. The Morgan fingerprint density at radius 3 is 2.50 bits per heavy atom. The number of anilines is 1. The zero-order chi connectivity index (χ0) is 13.6. The minimum Gasteiger partial charge on any atom is -0.384 e. The van der Waals surface area contributed by atoms with E-state index < -0.39 is 0 Å². The Hall–Kier alpha value is -1.90. The maximum atomic E-state index is 4.49. The van der Waals surface area contributed by atoms with Gasteiger partial charge in [-0.3, -0.25) is 9.97 Å². The fraction of sp³-hybridized carbons (Fsp3) is 0.412. The predicted molar refractivity (Wildman–Crippen MR) is 82.5 cm³/mol. The zero-order valence-corrected chi connectivity index (χ0v) is 11.8. The molecular weight excluding hydrogens is 246 g/mol. The van der Waals surface area contributed by atoms with E-state index >= 15 is 0 Å². The zero-order valence-electron chi connectivity index (χ0n) is 11.8. The summed E-state index contributed by atoms with van der Waals surface area (Å²) in [6.45, 7) is 1.07. The Morgan fingerprint density at radius 2 is 1.80 bits per heavy atom. The number of hydrogen-bond acceptors (Lipinski definition) is 3. The van der Waals surface area contributed by atoms with E-state index in [1.807, 2.05) is 30.5 Å². The second-order valence-corrected chi connectivity index (χ2v) is 5.53. The van der Waals surface area contributed by atoms with Gasteiger partial charge in [0, 0.05) is 12.7 Å². The summed E-state index contributed by atoms with van der Waals surface area (Å²) in [4.78, 5) is 8.80. The molecule has 0 aromatic carbocycles. The third-order valence-corrected chi connectivity index (χ3v) is 4.01. The summed E-state index contributed by atoms with van der Waals surface area (Å²) < 4.78 is 0. The molecule has 3 heteroatoms. The van der Waals surface area contributed by atoms with Crippen molar-refractivity contribution in [2.75, 3.05) is 11.9 Å². The van der Waals surface area contributed by atoms with Gasteiger partial charge in [0.15, 0.2) is 0 Å². The Morgan fingerprint density at radius 1 is 0.950 bits per heavy atom. The summed E-state index contributed by atoms with van der Waals surface area (Å²) in [7, 11) is 0. The average Bonchev–Trinajstić information content (AvgIpc) is 2.55. The summed E-state index contributed by atoms with van der Waals surface area (Å²) in [6.07, 6.45) is 10.6. The molecule has 1 fully saturated rings. The summed E-state index contributed by atoms with van der Waals surface area (Å²) in [6, 6.07) is 10.0. The Balaban J connectivity index is 1.58. The van der Waals surface area contributed by atoms with Crippen LogP contribution in [-0.2, 0) is 0 Å². The van der Waals surface area contributed by atoms with Crippen LogP contribution in [0.4, 0.5) is 5.69 Å². The van der Waals surface area contributed by atoms with Crippen molar-refractivity contribution in [3.63, 3.8) is 0 Å². The van der Waals surface area contributed by atoms with Crippen molar-refractivity contribution in [3.8, 4) is 11.4 Å². The summed E-state index contributed by atoms with van der Waals surface area (Å²) in [5.41, 5.74) is 2.95. The largest absolute Gasteiger partial charge is 0.384 e. The van der Waals surface area contributed by atoms with Crippen LogP contribution >= 0.6 is 0 Å². The lowest BCUT2D eigenvalue weighted by atomic mass is 9.89.